The van der Waals surface area contributed by atoms with E-state index < -0.39 is 23.5 Å². The molecule has 0 bridgehead atoms. The summed E-state index contributed by atoms with van der Waals surface area (Å²) in [6.45, 7) is 1.67. The van der Waals surface area contributed by atoms with Crippen LogP contribution >= 0.6 is 0 Å². The fourth-order valence-electron chi connectivity index (χ4n) is 2.65. The molecule has 0 saturated carbocycles. The smallest absolute Gasteiger partial charge is 0.353 e. The Hall–Kier alpha value is -3.29. The number of carbonyl (C=O) groups is 3. The lowest BCUT2D eigenvalue weighted by atomic mass is 9.93. The zero-order valence-corrected chi connectivity index (χ0v) is 13.6. The zero-order chi connectivity index (χ0) is 18.4. The summed E-state index contributed by atoms with van der Waals surface area (Å²) in [4.78, 5) is 37.2. The van der Waals surface area contributed by atoms with E-state index in [4.69, 9.17) is 14.2 Å². The first kappa shape index (κ1) is 16.6. The molecular weight excluding hydrogens is 332 g/mol. The van der Waals surface area contributed by atoms with Gasteiger partial charge in [-0.2, -0.15) is 0 Å². The van der Waals surface area contributed by atoms with Crippen molar-refractivity contribution in [3.8, 4) is 11.5 Å². The van der Waals surface area contributed by atoms with Crippen molar-refractivity contribution in [2.45, 2.75) is 12.7 Å². The molecule has 25 heavy (non-hydrogen) atoms. The van der Waals surface area contributed by atoms with Crippen molar-refractivity contribution in [1.82, 2.24) is 0 Å². The monoisotopic (exact) mass is 346 g/mol. The first-order valence-corrected chi connectivity index (χ1v) is 7.19. The molecule has 1 aliphatic carbocycles. The summed E-state index contributed by atoms with van der Waals surface area (Å²) in [6.07, 6.45) is 2.24. The van der Waals surface area contributed by atoms with Crippen molar-refractivity contribution in [2.24, 2.45) is 0 Å². The van der Waals surface area contributed by atoms with Crippen molar-refractivity contribution in [1.29, 1.82) is 0 Å². The van der Waals surface area contributed by atoms with E-state index in [-0.39, 0.29) is 28.4 Å². The highest BCUT2D eigenvalue weighted by molar-refractivity contribution is 6.12. The topological polar surface area (TPSA) is 108 Å². The molecular formula is C17H14O8. The highest BCUT2D eigenvalue weighted by Gasteiger charge is 2.56. The highest BCUT2D eigenvalue weighted by Crippen LogP contribution is 2.42. The molecule has 1 atom stereocenters. The number of benzene rings is 1. The van der Waals surface area contributed by atoms with Gasteiger partial charge in [-0.3, -0.25) is 4.79 Å². The SMILES string of the molecule is COC(=O)C1=CC(OC)=CC(=O)[C@]12OC(=O)c1c(O)cc(C)cc1O2. The van der Waals surface area contributed by atoms with Crippen LogP contribution in [-0.4, -0.2) is 42.8 Å². The predicted molar refractivity (Wildman–Crippen MR) is 81.8 cm³/mol. The number of hydrogen-bond acceptors (Lipinski definition) is 8. The average molecular weight is 346 g/mol. The molecule has 0 unspecified atom stereocenters. The van der Waals surface area contributed by atoms with Crippen LogP contribution in [0.1, 0.15) is 15.9 Å². The van der Waals surface area contributed by atoms with Gasteiger partial charge in [0.1, 0.15) is 28.4 Å². The first-order chi connectivity index (χ1) is 11.8. The van der Waals surface area contributed by atoms with Crippen LogP contribution in [0.5, 0.6) is 11.5 Å². The van der Waals surface area contributed by atoms with Crippen molar-refractivity contribution < 1.29 is 38.4 Å². The fourth-order valence-corrected chi connectivity index (χ4v) is 2.65. The van der Waals surface area contributed by atoms with Gasteiger partial charge in [-0.15, -0.1) is 0 Å². The van der Waals surface area contributed by atoms with Crippen LogP contribution in [0.25, 0.3) is 0 Å². The van der Waals surface area contributed by atoms with Crippen molar-refractivity contribution in [3.05, 3.63) is 46.7 Å². The normalized spacial score (nSPS) is 21.6. The molecule has 8 nitrogen and oxygen atoms in total. The molecule has 0 fully saturated rings. The van der Waals surface area contributed by atoms with Crippen LogP contribution in [0.15, 0.2) is 35.6 Å². The predicted octanol–water partition coefficient (Wildman–Crippen LogP) is 1.16. The van der Waals surface area contributed by atoms with Crippen LogP contribution in [-0.2, 0) is 23.8 Å². The van der Waals surface area contributed by atoms with E-state index in [0.717, 1.165) is 13.2 Å². The number of aryl methyl sites for hydroxylation is 1. The molecule has 8 heteroatoms. The number of allylic oxidation sites excluding steroid dienone is 1. The summed E-state index contributed by atoms with van der Waals surface area (Å²) in [7, 11) is 2.42. The van der Waals surface area contributed by atoms with Crippen LogP contribution < -0.4 is 4.74 Å². The molecule has 0 aromatic heterocycles. The van der Waals surface area contributed by atoms with E-state index in [2.05, 4.69) is 4.74 Å². The maximum Gasteiger partial charge on any atom is 0.353 e. The Morgan fingerprint density at radius 2 is 1.88 bits per heavy atom. The minimum Gasteiger partial charge on any atom is -0.507 e. The maximum atomic E-state index is 12.6. The van der Waals surface area contributed by atoms with Crippen LogP contribution in [0.2, 0.25) is 0 Å². The number of phenolic OH excluding ortho intramolecular Hbond substituents is 1. The molecule has 1 aliphatic heterocycles. The summed E-state index contributed by atoms with van der Waals surface area (Å²) in [5.41, 5.74) is 0.00943. The molecule has 1 aromatic rings. The number of ketones is 1. The largest absolute Gasteiger partial charge is 0.507 e. The lowest BCUT2D eigenvalue weighted by Crippen LogP contribution is -2.55. The van der Waals surface area contributed by atoms with Crippen LogP contribution in [0, 0.1) is 6.92 Å². The number of hydrogen-bond donors (Lipinski definition) is 1. The Morgan fingerprint density at radius 3 is 2.52 bits per heavy atom. The number of ether oxygens (including phenoxy) is 4. The van der Waals surface area contributed by atoms with Crippen molar-refractivity contribution >= 4 is 17.7 Å². The van der Waals surface area contributed by atoms with E-state index in [1.807, 2.05) is 0 Å². The molecule has 130 valence electrons. The second-order valence-corrected chi connectivity index (χ2v) is 5.43. The number of fused-ring (bicyclic) bond motifs is 1. The molecule has 1 aromatic carbocycles. The van der Waals surface area contributed by atoms with Gasteiger partial charge >= 0.3 is 17.7 Å². The summed E-state index contributed by atoms with van der Waals surface area (Å²) >= 11 is 0. The third-order valence-electron chi connectivity index (χ3n) is 3.80. The van der Waals surface area contributed by atoms with Gasteiger partial charge in [0.15, 0.2) is 0 Å². The summed E-state index contributed by atoms with van der Waals surface area (Å²) < 4.78 is 20.4. The van der Waals surface area contributed by atoms with Gasteiger partial charge in [0, 0.05) is 6.08 Å². The Labute approximate surface area is 142 Å². The standard InChI is InChI=1S/C17H14O8/c1-8-4-11(18)14-12(5-8)24-17(25-16(14)21)10(15(20)23-3)6-9(22-2)7-13(17)19/h4-7,18H,1-3H3/t17-/m1/s1. The second-order valence-electron chi connectivity index (χ2n) is 5.43. The Balaban J connectivity index is 2.19. The van der Waals surface area contributed by atoms with Crippen LogP contribution in [0.3, 0.4) is 0 Å². The van der Waals surface area contributed by atoms with E-state index in [0.29, 0.717) is 5.56 Å². The number of rotatable bonds is 2. The van der Waals surface area contributed by atoms with Crippen molar-refractivity contribution in [2.75, 3.05) is 14.2 Å². The average Bonchev–Trinajstić information content (AvgIpc) is 2.55. The number of carbonyl (C=O) groups excluding carboxylic acids is 3. The summed E-state index contributed by atoms with van der Waals surface area (Å²) in [5.74, 6) is -5.44. The second kappa shape index (κ2) is 5.66. The minimum absolute atomic E-state index is 0.0774. The van der Waals surface area contributed by atoms with Gasteiger partial charge in [-0.05, 0) is 30.7 Å². The Kier molecular flexibility index (Phi) is 3.75. The Bertz CT molecular complexity index is 864. The number of aromatic hydroxyl groups is 1. The zero-order valence-electron chi connectivity index (χ0n) is 13.6. The Morgan fingerprint density at radius 1 is 1.16 bits per heavy atom. The number of esters is 2. The van der Waals surface area contributed by atoms with Gasteiger partial charge in [-0.1, -0.05) is 0 Å². The van der Waals surface area contributed by atoms with E-state index in [1.54, 1.807) is 6.92 Å². The quantitative estimate of drug-likeness (QED) is 0.795. The molecule has 0 amide bonds. The molecule has 1 spiro atoms. The van der Waals surface area contributed by atoms with Crippen LogP contribution in [0.4, 0.5) is 0 Å². The molecule has 1 heterocycles. The highest BCUT2D eigenvalue weighted by atomic mass is 16.7. The number of phenols is 1. The maximum absolute atomic E-state index is 12.6. The third-order valence-corrected chi connectivity index (χ3v) is 3.80. The molecule has 0 saturated heterocycles. The van der Waals surface area contributed by atoms with Gasteiger partial charge in [0.25, 0.3) is 0 Å². The minimum atomic E-state index is -2.33. The van der Waals surface area contributed by atoms with E-state index in [1.165, 1.54) is 25.3 Å². The van der Waals surface area contributed by atoms with Crippen molar-refractivity contribution in [3.63, 3.8) is 0 Å². The van der Waals surface area contributed by atoms with E-state index in [9.17, 15) is 19.5 Å². The molecule has 3 rings (SSSR count). The molecule has 1 N–H and O–H groups in total. The number of methoxy groups -OCH3 is 2. The van der Waals surface area contributed by atoms with Gasteiger partial charge < -0.3 is 24.1 Å². The van der Waals surface area contributed by atoms with E-state index >= 15 is 0 Å². The summed E-state index contributed by atoms with van der Waals surface area (Å²) in [5, 5.41) is 9.96. The molecule has 0 radical (unpaired) electrons. The van der Waals surface area contributed by atoms with Gasteiger partial charge in [-0.25, -0.2) is 9.59 Å². The van der Waals surface area contributed by atoms with Gasteiger partial charge in [0.05, 0.1) is 14.2 Å². The third kappa shape index (κ3) is 2.42. The first-order valence-electron chi connectivity index (χ1n) is 7.19. The summed E-state index contributed by atoms with van der Waals surface area (Å²) in [6, 6.07) is 2.80. The van der Waals surface area contributed by atoms with Gasteiger partial charge in [0.2, 0.25) is 5.78 Å². The lowest BCUT2D eigenvalue weighted by molar-refractivity contribution is -0.169. The molecule has 2 aliphatic rings. The lowest BCUT2D eigenvalue weighted by Gasteiger charge is -2.37. The fraction of sp³-hybridized carbons (Fsp3) is 0.235.